The summed E-state index contributed by atoms with van der Waals surface area (Å²) < 4.78 is 0. The first-order chi connectivity index (χ1) is 5.54. The Kier molecular flexibility index (Phi) is 2.24. The topological polar surface area (TPSA) is 51.2 Å². The van der Waals surface area contributed by atoms with Gasteiger partial charge in [-0.05, 0) is 11.6 Å². The van der Waals surface area contributed by atoms with Crippen LogP contribution in [0, 0.1) is 5.92 Å². The molecule has 1 rings (SSSR count). The normalized spacial score (nSPS) is 23.1. The lowest BCUT2D eigenvalue weighted by molar-refractivity contribution is -0.138. The molecule has 0 aromatic heterocycles. The van der Waals surface area contributed by atoms with E-state index >= 15 is 0 Å². The van der Waals surface area contributed by atoms with Gasteiger partial charge in [-0.1, -0.05) is 18.7 Å². The number of hydrogen-bond donors (Lipinski definition) is 0. The molecule has 1 aliphatic carbocycles. The van der Waals surface area contributed by atoms with Gasteiger partial charge in [0.2, 0.25) is 16.8 Å². The van der Waals surface area contributed by atoms with E-state index in [1.54, 1.807) is 0 Å². The van der Waals surface area contributed by atoms with E-state index in [2.05, 4.69) is 6.58 Å². The first-order valence-electron chi connectivity index (χ1n) is 3.19. The van der Waals surface area contributed by atoms with Crippen molar-refractivity contribution in [3.05, 3.63) is 24.3 Å². The average Bonchev–Trinajstić information content (AvgIpc) is 2.00. The Morgan fingerprint density at radius 1 is 1.50 bits per heavy atom. The number of ketones is 2. The molecule has 3 nitrogen and oxygen atoms in total. The van der Waals surface area contributed by atoms with Crippen molar-refractivity contribution in [1.29, 1.82) is 0 Å². The fourth-order valence-electron chi connectivity index (χ4n) is 0.854. The van der Waals surface area contributed by atoms with Crippen LogP contribution in [0.4, 0.5) is 0 Å². The van der Waals surface area contributed by atoms with Crippen LogP contribution < -0.4 is 0 Å². The second kappa shape index (κ2) is 3.03. The number of rotatable bonds is 1. The van der Waals surface area contributed by atoms with Gasteiger partial charge in [-0.25, -0.2) is 0 Å². The smallest absolute Gasteiger partial charge is 0.236 e. The van der Waals surface area contributed by atoms with Crippen molar-refractivity contribution in [1.82, 2.24) is 0 Å². The van der Waals surface area contributed by atoms with Gasteiger partial charge in [0, 0.05) is 5.57 Å². The van der Waals surface area contributed by atoms with Crippen LogP contribution >= 0.6 is 11.6 Å². The number of hydrogen-bond acceptors (Lipinski definition) is 3. The molecule has 62 valence electrons. The van der Waals surface area contributed by atoms with Gasteiger partial charge < -0.3 is 0 Å². The molecule has 0 amide bonds. The minimum Gasteiger partial charge on any atom is -0.289 e. The third kappa shape index (κ3) is 1.36. The molecule has 4 heteroatoms. The highest BCUT2D eigenvalue weighted by Crippen LogP contribution is 2.16. The molecule has 1 unspecified atom stereocenters. The Bertz CT molecular complexity index is 314. The summed E-state index contributed by atoms with van der Waals surface area (Å²) >= 11 is 5.07. The molecule has 0 radical (unpaired) electrons. The zero-order valence-electron chi connectivity index (χ0n) is 6.04. The van der Waals surface area contributed by atoms with E-state index in [4.69, 9.17) is 11.6 Å². The average molecular weight is 185 g/mol. The molecule has 0 aliphatic heterocycles. The number of carbonyl (C=O) groups is 3. The first kappa shape index (κ1) is 8.87. The molecule has 0 aromatic carbocycles. The summed E-state index contributed by atoms with van der Waals surface area (Å²) in [4.78, 5) is 32.5. The number of allylic oxidation sites excluding steroid dienone is 3. The maximum Gasteiger partial charge on any atom is 0.236 e. The highest BCUT2D eigenvalue weighted by Gasteiger charge is 2.32. The van der Waals surface area contributed by atoms with Crippen molar-refractivity contribution in [2.75, 3.05) is 0 Å². The molecule has 0 spiro atoms. The van der Waals surface area contributed by atoms with Crippen LogP contribution in [0.1, 0.15) is 0 Å². The molecule has 0 saturated heterocycles. The molecule has 0 heterocycles. The Labute approximate surface area is 73.7 Å². The minimum atomic E-state index is -1.12. The van der Waals surface area contributed by atoms with E-state index < -0.39 is 22.7 Å². The Morgan fingerprint density at radius 2 is 2.08 bits per heavy atom. The van der Waals surface area contributed by atoms with Gasteiger partial charge >= 0.3 is 0 Å². The zero-order chi connectivity index (χ0) is 9.30. The standard InChI is InChI=1S/C8H5ClO3/c1-4-2-3-5(8(9)12)7(11)6(4)10/h2-3,5H,1H2. The van der Waals surface area contributed by atoms with Crippen LogP contribution in [0.25, 0.3) is 0 Å². The van der Waals surface area contributed by atoms with Crippen LogP contribution in [-0.2, 0) is 14.4 Å². The fraction of sp³-hybridized carbons (Fsp3) is 0.125. The molecule has 1 aliphatic rings. The third-order valence-corrected chi connectivity index (χ3v) is 1.77. The van der Waals surface area contributed by atoms with Gasteiger partial charge in [-0.3, -0.25) is 14.4 Å². The van der Waals surface area contributed by atoms with Crippen molar-refractivity contribution in [3.8, 4) is 0 Å². The summed E-state index contributed by atoms with van der Waals surface area (Å²) in [5, 5.41) is -0.836. The van der Waals surface area contributed by atoms with Crippen LogP contribution in [0.3, 0.4) is 0 Å². The quantitative estimate of drug-likeness (QED) is 0.260. The summed E-state index contributed by atoms with van der Waals surface area (Å²) in [7, 11) is 0. The molecular formula is C8H5ClO3. The maximum absolute atomic E-state index is 11.0. The molecule has 1 atom stereocenters. The maximum atomic E-state index is 11.0. The van der Waals surface area contributed by atoms with Crippen molar-refractivity contribution >= 4 is 28.4 Å². The summed E-state index contributed by atoms with van der Waals surface area (Å²) in [5.74, 6) is -2.66. The van der Waals surface area contributed by atoms with Crippen molar-refractivity contribution in [3.63, 3.8) is 0 Å². The molecule has 0 bridgehead atoms. The Hall–Kier alpha value is -1.22. The highest BCUT2D eigenvalue weighted by atomic mass is 35.5. The highest BCUT2D eigenvalue weighted by molar-refractivity contribution is 6.68. The SMILES string of the molecule is C=C1C=CC(C(=O)Cl)C(=O)C1=O. The van der Waals surface area contributed by atoms with Crippen LogP contribution in [-0.4, -0.2) is 16.8 Å². The van der Waals surface area contributed by atoms with Gasteiger partial charge in [-0.2, -0.15) is 0 Å². The second-order valence-electron chi connectivity index (χ2n) is 2.36. The lowest BCUT2D eigenvalue weighted by Crippen LogP contribution is -2.30. The molecule has 0 aromatic rings. The lowest BCUT2D eigenvalue weighted by Gasteiger charge is -2.10. The predicted molar refractivity (Wildman–Crippen MR) is 42.6 cm³/mol. The summed E-state index contributed by atoms with van der Waals surface area (Å²) in [6.07, 6.45) is 2.61. The van der Waals surface area contributed by atoms with E-state index in [0.29, 0.717) is 0 Å². The van der Waals surface area contributed by atoms with E-state index in [9.17, 15) is 14.4 Å². The van der Waals surface area contributed by atoms with Crippen molar-refractivity contribution in [2.24, 2.45) is 5.92 Å². The van der Waals surface area contributed by atoms with Gasteiger partial charge in [0.1, 0.15) is 5.92 Å². The largest absolute Gasteiger partial charge is 0.289 e. The number of halogens is 1. The first-order valence-corrected chi connectivity index (χ1v) is 3.57. The van der Waals surface area contributed by atoms with Gasteiger partial charge in [0.05, 0.1) is 0 Å². The van der Waals surface area contributed by atoms with Crippen LogP contribution in [0.5, 0.6) is 0 Å². The van der Waals surface area contributed by atoms with E-state index in [-0.39, 0.29) is 5.57 Å². The third-order valence-electron chi connectivity index (χ3n) is 1.53. The summed E-state index contributed by atoms with van der Waals surface area (Å²) in [6.45, 7) is 3.33. The number of carbonyl (C=O) groups excluding carboxylic acids is 3. The zero-order valence-corrected chi connectivity index (χ0v) is 6.80. The summed E-state index contributed by atoms with van der Waals surface area (Å²) in [6, 6.07) is 0. The van der Waals surface area contributed by atoms with E-state index in [1.807, 2.05) is 0 Å². The number of Topliss-reactive ketones (excluding diaryl/α,β-unsaturated/α-hetero) is 2. The molecular weight excluding hydrogens is 180 g/mol. The lowest BCUT2D eigenvalue weighted by atomic mass is 9.92. The van der Waals surface area contributed by atoms with Crippen molar-refractivity contribution in [2.45, 2.75) is 0 Å². The Balaban J connectivity index is 3.04. The van der Waals surface area contributed by atoms with Crippen molar-refractivity contribution < 1.29 is 14.4 Å². The molecule has 12 heavy (non-hydrogen) atoms. The van der Waals surface area contributed by atoms with Crippen LogP contribution in [0.2, 0.25) is 0 Å². The van der Waals surface area contributed by atoms with Gasteiger partial charge in [-0.15, -0.1) is 0 Å². The van der Waals surface area contributed by atoms with Gasteiger partial charge in [0.25, 0.3) is 0 Å². The van der Waals surface area contributed by atoms with Gasteiger partial charge in [0.15, 0.2) is 0 Å². The monoisotopic (exact) mass is 184 g/mol. The molecule has 0 N–H and O–H groups in total. The van der Waals surface area contributed by atoms with E-state index in [1.165, 1.54) is 12.2 Å². The minimum absolute atomic E-state index is 0.0918. The van der Waals surface area contributed by atoms with E-state index in [0.717, 1.165) is 0 Å². The Morgan fingerprint density at radius 3 is 2.58 bits per heavy atom. The molecule has 0 saturated carbocycles. The predicted octanol–water partition coefficient (Wildman–Crippen LogP) is 0.632. The fourth-order valence-corrected chi connectivity index (χ4v) is 1.03. The molecule has 0 fully saturated rings. The van der Waals surface area contributed by atoms with Crippen LogP contribution in [0.15, 0.2) is 24.3 Å². The second-order valence-corrected chi connectivity index (χ2v) is 2.73. The summed E-state index contributed by atoms with van der Waals surface area (Å²) in [5.41, 5.74) is 0.0918.